The topological polar surface area (TPSA) is 53.4 Å². The molecule has 2 rings (SSSR count). The summed E-state index contributed by atoms with van der Waals surface area (Å²) in [5.41, 5.74) is 0.618. The molecule has 108 valence electrons. The molecule has 1 N–H and O–H groups in total. The number of aromatic carboxylic acids is 1. The van der Waals surface area contributed by atoms with Gasteiger partial charge in [-0.25, -0.2) is 9.78 Å². The van der Waals surface area contributed by atoms with E-state index in [2.05, 4.69) is 23.7 Å². The first kappa shape index (κ1) is 15.2. The average Bonchev–Trinajstić information content (AvgIpc) is 3.08. The maximum absolute atomic E-state index is 11.3. The first-order valence-corrected chi connectivity index (χ1v) is 8.34. The van der Waals surface area contributed by atoms with Gasteiger partial charge in [-0.2, -0.15) is 0 Å². The smallest absolute Gasteiger partial charge is 0.348 e. The van der Waals surface area contributed by atoms with Crippen LogP contribution in [0.2, 0.25) is 0 Å². The highest BCUT2D eigenvalue weighted by Gasteiger charge is 2.19. The number of aromatic nitrogens is 1. The minimum Gasteiger partial charge on any atom is -0.477 e. The van der Waals surface area contributed by atoms with Crippen LogP contribution in [0.1, 0.15) is 28.5 Å². The van der Waals surface area contributed by atoms with Gasteiger partial charge in [-0.3, -0.25) is 0 Å². The molecule has 0 aliphatic heterocycles. The molecular formula is C14H18N2O2S2. The summed E-state index contributed by atoms with van der Waals surface area (Å²) < 4.78 is 0. The normalized spacial score (nSPS) is 11.2. The van der Waals surface area contributed by atoms with Gasteiger partial charge in [0.25, 0.3) is 0 Å². The van der Waals surface area contributed by atoms with Gasteiger partial charge in [0.15, 0.2) is 0 Å². The van der Waals surface area contributed by atoms with Gasteiger partial charge in [0.1, 0.15) is 10.6 Å². The standard InChI is InChI=1S/C14H18N2O2S2/c1-3-16(4-2)8-7-11-15-12(10-6-5-9-19-10)13(20-11)14(17)18/h5-6,9H,3-4,7-8H2,1-2H3,(H,17,18). The predicted molar refractivity (Wildman–Crippen MR) is 83.9 cm³/mol. The zero-order valence-corrected chi connectivity index (χ0v) is 13.3. The van der Waals surface area contributed by atoms with Crippen LogP contribution in [-0.4, -0.2) is 40.6 Å². The third kappa shape index (κ3) is 3.45. The van der Waals surface area contributed by atoms with Crippen LogP contribution < -0.4 is 0 Å². The van der Waals surface area contributed by atoms with E-state index in [1.54, 1.807) is 0 Å². The van der Waals surface area contributed by atoms with Crippen LogP contribution in [0.3, 0.4) is 0 Å². The first-order chi connectivity index (χ1) is 9.65. The second-order valence-corrected chi connectivity index (χ2v) is 6.38. The summed E-state index contributed by atoms with van der Waals surface area (Å²) in [5, 5.41) is 12.2. The van der Waals surface area contributed by atoms with E-state index in [-0.39, 0.29) is 0 Å². The Labute approximate surface area is 126 Å². The number of nitrogens with zero attached hydrogens (tertiary/aromatic N) is 2. The fourth-order valence-electron chi connectivity index (χ4n) is 1.99. The Morgan fingerprint density at radius 2 is 2.15 bits per heavy atom. The summed E-state index contributed by atoms with van der Waals surface area (Å²) >= 11 is 2.82. The maximum atomic E-state index is 11.3. The van der Waals surface area contributed by atoms with Crippen molar-refractivity contribution in [2.24, 2.45) is 0 Å². The third-order valence-electron chi connectivity index (χ3n) is 3.16. The van der Waals surface area contributed by atoms with Gasteiger partial charge in [0.05, 0.1) is 9.88 Å². The summed E-state index contributed by atoms with van der Waals surface area (Å²) in [4.78, 5) is 19.5. The zero-order valence-electron chi connectivity index (χ0n) is 11.6. The lowest BCUT2D eigenvalue weighted by Crippen LogP contribution is -2.25. The molecule has 0 aliphatic carbocycles. The van der Waals surface area contributed by atoms with Crippen molar-refractivity contribution in [2.75, 3.05) is 19.6 Å². The number of thiazole rings is 1. The SMILES string of the molecule is CCN(CC)CCc1nc(-c2cccs2)c(C(=O)O)s1. The van der Waals surface area contributed by atoms with Gasteiger partial charge in [0, 0.05) is 13.0 Å². The molecule has 0 bridgehead atoms. The highest BCUT2D eigenvalue weighted by molar-refractivity contribution is 7.16. The number of thiophene rings is 1. The maximum Gasteiger partial charge on any atom is 0.348 e. The van der Waals surface area contributed by atoms with E-state index >= 15 is 0 Å². The van der Waals surface area contributed by atoms with Crippen LogP contribution in [0.5, 0.6) is 0 Å². The van der Waals surface area contributed by atoms with E-state index in [9.17, 15) is 9.90 Å². The van der Waals surface area contributed by atoms with Crippen LogP contribution in [-0.2, 0) is 6.42 Å². The van der Waals surface area contributed by atoms with Crippen LogP contribution >= 0.6 is 22.7 Å². The highest BCUT2D eigenvalue weighted by Crippen LogP contribution is 2.31. The van der Waals surface area contributed by atoms with Gasteiger partial charge in [-0.15, -0.1) is 22.7 Å². The molecule has 0 saturated carbocycles. The van der Waals surface area contributed by atoms with Crippen molar-refractivity contribution in [2.45, 2.75) is 20.3 Å². The molecule has 0 spiro atoms. The average molecular weight is 310 g/mol. The number of carboxylic acid groups (broad SMARTS) is 1. The molecule has 2 aromatic heterocycles. The molecule has 0 saturated heterocycles. The molecule has 0 unspecified atom stereocenters. The van der Waals surface area contributed by atoms with Crippen molar-refractivity contribution in [3.8, 4) is 10.6 Å². The Morgan fingerprint density at radius 3 is 2.70 bits per heavy atom. The molecule has 0 atom stereocenters. The number of hydrogen-bond donors (Lipinski definition) is 1. The van der Waals surface area contributed by atoms with E-state index in [4.69, 9.17) is 0 Å². The molecule has 0 amide bonds. The van der Waals surface area contributed by atoms with Gasteiger partial charge >= 0.3 is 5.97 Å². The Morgan fingerprint density at radius 1 is 1.40 bits per heavy atom. The minimum absolute atomic E-state index is 0.349. The lowest BCUT2D eigenvalue weighted by atomic mass is 10.3. The number of carbonyl (C=O) groups is 1. The van der Waals surface area contributed by atoms with Crippen LogP contribution in [0.25, 0.3) is 10.6 Å². The van der Waals surface area contributed by atoms with E-state index in [0.717, 1.165) is 35.9 Å². The van der Waals surface area contributed by atoms with Crippen LogP contribution in [0.4, 0.5) is 0 Å². The quantitative estimate of drug-likeness (QED) is 0.851. The third-order valence-corrected chi connectivity index (χ3v) is 5.14. The number of rotatable bonds is 7. The lowest BCUT2D eigenvalue weighted by Gasteiger charge is -2.16. The lowest BCUT2D eigenvalue weighted by molar-refractivity contribution is 0.0703. The molecule has 20 heavy (non-hydrogen) atoms. The van der Waals surface area contributed by atoms with Gasteiger partial charge in [-0.1, -0.05) is 19.9 Å². The van der Waals surface area contributed by atoms with Crippen molar-refractivity contribution < 1.29 is 9.90 Å². The number of carboxylic acids is 1. The summed E-state index contributed by atoms with van der Waals surface area (Å²) in [5.74, 6) is -0.889. The molecule has 0 aliphatic rings. The molecule has 2 aromatic rings. The fourth-order valence-corrected chi connectivity index (χ4v) is 3.68. The van der Waals surface area contributed by atoms with Crippen molar-refractivity contribution in [1.82, 2.24) is 9.88 Å². The van der Waals surface area contributed by atoms with E-state index in [1.807, 2.05) is 17.5 Å². The number of hydrogen-bond acceptors (Lipinski definition) is 5. The molecule has 0 fully saturated rings. The van der Waals surface area contributed by atoms with Crippen molar-refractivity contribution in [3.05, 3.63) is 27.4 Å². The Hall–Kier alpha value is -1.24. The minimum atomic E-state index is -0.889. The molecule has 2 heterocycles. The fraction of sp³-hybridized carbons (Fsp3) is 0.429. The van der Waals surface area contributed by atoms with E-state index < -0.39 is 5.97 Å². The van der Waals surface area contributed by atoms with Crippen LogP contribution in [0, 0.1) is 0 Å². The number of likely N-dealkylation sites (N-methyl/N-ethyl adjacent to an activating group) is 1. The van der Waals surface area contributed by atoms with Gasteiger partial charge in [0.2, 0.25) is 0 Å². The summed E-state index contributed by atoms with van der Waals surface area (Å²) in [7, 11) is 0. The molecular weight excluding hydrogens is 292 g/mol. The summed E-state index contributed by atoms with van der Waals surface area (Å²) in [6.45, 7) is 7.19. The Balaban J connectivity index is 2.20. The summed E-state index contributed by atoms with van der Waals surface area (Å²) in [6, 6.07) is 3.83. The van der Waals surface area contributed by atoms with Gasteiger partial charge < -0.3 is 10.0 Å². The molecule has 0 aromatic carbocycles. The van der Waals surface area contributed by atoms with Crippen molar-refractivity contribution in [3.63, 3.8) is 0 Å². The second kappa shape index (κ2) is 6.97. The Bertz CT molecular complexity index is 560. The predicted octanol–water partition coefficient (Wildman–Crippen LogP) is 3.45. The highest BCUT2D eigenvalue weighted by atomic mass is 32.1. The van der Waals surface area contributed by atoms with E-state index in [1.165, 1.54) is 22.7 Å². The first-order valence-electron chi connectivity index (χ1n) is 6.64. The Kier molecular flexibility index (Phi) is 5.28. The van der Waals surface area contributed by atoms with E-state index in [0.29, 0.717) is 10.6 Å². The molecule has 0 radical (unpaired) electrons. The summed E-state index contributed by atoms with van der Waals surface area (Å²) in [6.07, 6.45) is 0.804. The van der Waals surface area contributed by atoms with Crippen molar-refractivity contribution >= 4 is 28.6 Å². The monoisotopic (exact) mass is 310 g/mol. The molecule has 4 nitrogen and oxygen atoms in total. The van der Waals surface area contributed by atoms with Gasteiger partial charge in [-0.05, 0) is 24.5 Å². The van der Waals surface area contributed by atoms with Crippen molar-refractivity contribution in [1.29, 1.82) is 0 Å². The second-order valence-electron chi connectivity index (χ2n) is 4.34. The zero-order chi connectivity index (χ0) is 14.5. The van der Waals surface area contributed by atoms with Crippen LogP contribution in [0.15, 0.2) is 17.5 Å². The molecule has 6 heteroatoms. The largest absolute Gasteiger partial charge is 0.477 e.